The fourth-order valence-corrected chi connectivity index (χ4v) is 1.96. The van der Waals surface area contributed by atoms with E-state index in [1.54, 1.807) is 29.0 Å². The molecule has 18 heavy (non-hydrogen) atoms. The number of hydrogen-bond acceptors (Lipinski definition) is 2. The molecule has 1 N–H and O–H groups in total. The molecular formula is C14H13BrNO2+. The lowest BCUT2D eigenvalue weighted by Crippen LogP contribution is -2.41. The highest BCUT2D eigenvalue weighted by atomic mass is 79.9. The Morgan fingerprint density at radius 3 is 2.56 bits per heavy atom. The van der Waals surface area contributed by atoms with Gasteiger partial charge in [-0.1, -0.05) is 34.1 Å². The lowest BCUT2D eigenvalue weighted by molar-refractivity contribution is -0.692. The first kappa shape index (κ1) is 12.9. The number of nitrogens with zero attached hydrogens (tertiary/aromatic N) is 1. The van der Waals surface area contributed by atoms with E-state index in [2.05, 4.69) is 15.9 Å². The van der Waals surface area contributed by atoms with Gasteiger partial charge in [-0.15, -0.1) is 0 Å². The van der Waals surface area contributed by atoms with Crippen molar-refractivity contribution in [3.05, 3.63) is 64.4 Å². The van der Waals surface area contributed by atoms with E-state index in [9.17, 15) is 9.90 Å². The third-order valence-electron chi connectivity index (χ3n) is 2.68. The first-order chi connectivity index (χ1) is 8.70. The van der Waals surface area contributed by atoms with Crippen molar-refractivity contribution in [2.75, 3.05) is 0 Å². The van der Waals surface area contributed by atoms with Gasteiger partial charge in [-0.2, -0.15) is 4.57 Å². The number of halogens is 1. The lowest BCUT2D eigenvalue weighted by Gasteiger charge is -2.01. The van der Waals surface area contributed by atoms with Crippen LogP contribution in [-0.2, 0) is 13.2 Å². The summed E-state index contributed by atoms with van der Waals surface area (Å²) in [5.74, 6) is 0.0217. The summed E-state index contributed by atoms with van der Waals surface area (Å²) in [5, 5.41) is 9.20. The second-order valence-corrected chi connectivity index (χ2v) is 4.82. The monoisotopic (exact) mass is 306 g/mol. The van der Waals surface area contributed by atoms with Crippen LogP contribution in [0.5, 0.6) is 0 Å². The predicted molar refractivity (Wildman–Crippen MR) is 71.0 cm³/mol. The lowest BCUT2D eigenvalue weighted by atomic mass is 10.1. The van der Waals surface area contributed by atoms with Crippen LogP contribution in [-0.4, -0.2) is 10.9 Å². The molecule has 0 unspecified atom stereocenters. The highest BCUT2D eigenvalue weighted by Gasteiger charge is 2.15. The summed E-state index contributed by atoms with van der Waals surface area (Å²) in [6.45, 7) is 0.160. The molecule has 0 fully saturated rings. The minimum atomic E-state index is -0.0749. The van der Waals surface area contributed by atoms with Gasteiger partial charge in [0.05, 0.1) is 0 Å². The molecule has 0 bridgehead atoms. The molecule has 2 aromatic rings. The summed E-state index contributed by atoms with van der Waals surface area (Å²) >= 11 is 3.33. The molecule has 0 aliphatic heterocycles. The summed E-state index contributed by atoms with van der Waals surface area (Å²) in [6, 6.07) is 12.7. The molecule has 1 aromatic carbocycles. The van der Waals surface area contributed by atoms with Crippen LogP contribution in [0.2, 0.25) is 0 Å². The fourth-order valence-electron chi connectivity index (χ4n) is 1.69. The number of benzene rings is 1. The van der Waals surface area contributed by atoms with Crippen LogP contribution in [0.15, 0.2) is 53.1 Å². The molecule has 92 valence electrons. The van der Waals surface area contributed by atoms with Crippen molar-refractivity contribution in [1.82, 2.24) is 0 Å². The SMILES string of the molecule is O=C(C[n+]1ccccc1CO)c1ccc(Br)cc1. The molecular weight excluding hydrogens is 294 g/mol. The zero-order valence-electron chi connectivity index (χ0n) is 9.71. The first-order valence-corrected chi connectivity index (χ1v) is 6.37. The molecule has 1 heterocycles. The van der Waals surface area contributed by atoms with Gasteiger partial charge in [0.15, 0.2) is 6.20 Å². The molecule has 3 nitrogen and oxygen atoms in total. The quantitative estimate of drug-likeness (QED) is 0.694. The standard InChI is InChI=1S/C14H13BrNO2/c15-12-6-4-11(5-7-12)14(18)9-16-8-2-1-3-13(16)10-17/h1-8,17H,9-10H2/q+1. The number of aliphatic hydroxyl groups is 1. The Morgan fingerprint density at radius 1 is 1.17 bits per heavy atom. The van der Waals surface area contributed by atoms with Gasteiger partial charge in [-0.3, -0.25) is 4.79 Å². The second-order valence-electron chi connectivity index (χ2n) is 3.91. The Labute approximate surface area is 114 Å². The smallest absolute Gasteiger partial charge is 0.227 e. The maximum absolute atomic E-state index is 12.1. The number of rotatable bonds is 4. The minimum Gasteiger partial charge on any atom is -0.385 e. The summed E-state index contributed by atoms with van der Waals surface area (Å²) in [4.78, 5) is 12.1. The summed E-state index contributed by atoms with van der Waals surface area (Å²) in [5.41, 5.74) is 1.39. The van der Waals surface area contributed by atoms with E-state index in [0.717, 1.165) is 10.2 Å². The number of hydrogen-bond donors (Lipinski definition) is 1. The molecule has 0 saturated carbocycles. The van der Waals surface area contributed by atoms with Gasteiger partial charge in [-0.05, 0) is 12.1 Å². The van der Waals surface area contributed by atoms with E-state index >= 15 is 0 Å². The molecule has 0 saturated heterocycles. The number of ketones is 1. The van der Waals surface area contributed by atoms with Crippen LogP contribution in [0.4, 0.5) is 0 Å². The van der Waals surface area contributed by atoms with Crippen LogP contribution in [0.3, 0.4) is 0 Å². The Hall–Kier alpha value is -1.52. The topological polar surface area (TPSA) is 41.2 Å². The second kappa shape index (κ2) is 5.89. The van der Waals surface area contributed by atoms with E-state index in [1.807, 2.05) is 24.3 Å². The summed E-state index contributed by atoms with van der Waals surface area (Å²) in [6.07, 6.45) is 1.79. The van der Waals surface area contributed by atoms with Gasteiger partial charge >= 0.3 is 0 Å². The van der Waals surface area contributed by atoms with Gasteiger partial charge in [0.25, 0.3) is 0 Å². The predicted octanol–water partition coefficient (Wildman–Crippen LogP) is 2.11. The molecule has 2 rings (SSSR count). The summed E-state index contributed by atoms with van der Waals surface area (Å²) < 4.78 is 2.70. The molecule has 0 radical (unpaired) electrons. The minimum absolute atomic E-state index is 0.0217. The van der Waals surface area contributed by atoms with Crippen LogP contribution in [0.25, 0.3) is 0 Å². The molecule has 1 aromatic heterocycles. The number of pyridine rings is 1. The Balaban J connectivity index is 2.18. The molecule has 0 spiro atoms. The maximum Gasteiger partial charge on any atom is 0.227 e. The molecule has 0 amide bonds. The van der Waals surface area contributed by atoms with Crippen molar-refractivity contribution in [3.8, 4) is 0 Å². The van der Waals surface area contributed by atoms with E-state index in [4.69, 9.17) is 0 Å². The molecule has 0 aliphatic carbocycles. The zero-order chi connectivity index (χ0) is 13.0. The average Bonchev–Trinajstić information content (AvgIpc) is 2.40. The third kappa shape index (κ3) is 3.03. The van der Waals surface area contributed by atoms with E-state index in [1.165, 1.54) is 0 Å². The van der Waals surface area contributed by atoms with Gasteiger partial charge in [0, 0.05) is 22.2 Å². The Morgan fingerprint density at radius 2 is 1.89 bits per heavy atom. The number of carbonyl (C=O) groups excluding carboxylic acids is 1. The van der Waals surface area contributed by atoms with Crippen LogP contribution >= 0.6 is 15.9 Å². The number of aliphatic hydroxyl groups excluding tert-OH is 1. The van der Waals surface area contributed by atoms with E-state index in [-0.39, 0.29) is 18.9 Å². The van der Waals surface area contributed by atoms with Crippen molar-refractivity contribution in [2.45, 2.75) is 13.2 Å². The van der Waals surface area contributed by atoms with Crippen molar-refractivity contribution >= 4 is 21.7 Å². The van der Waals surface area contributed by atoms with Gasteiger partial charge in [0.2, 0.25) is 18.0 Å². The first-order valence-electron chi connectivity index (χ1n) is 5.57. The summed E-state index contributed by atoms with van der Waals surface area (Å²) in [7, 11) is 0. The number of carbonyl (C=O) groups is 1. The third-order valence-corrected chi connectivity index (χ3v) is 3.21. The highest BCUT2D eigenvalue weighted by molar-refractivity contribution is 9.10. The van der Waals surface area contributed by atoms with Crippen LogP contribution in [0.1, 0.15) is 16.1 Å². The average molecular weight is 307 g/mol. The number of Topliss-reactive ketones (excluding diaryl/α,β-unsaturated/α-hetero) is 1. The van der Waals surface area contributed by atoms with E-state index < -0.39 is 0 Å². The Kier molecular flexibility index (Phi) is 4.23. The largest absolute Gasteiger partial charge is 0.385 e. The van der Waals surface area contributed by atoms with Crippen molar-refractivity contribution in [3.63, 3.8) is 0 Å². The van der Waals surface area contributed by atoms with E-state index in [0.29, 0.717) is 5.56 Å². The molecule has 0 atom stereocenters. The van der Waals surface area contributed by atoms with Gasteiger partial charge in [-0.25, -0.2) is 0 Å². The fraction of sp³-hybridized carbons (Fsp3) is 0.143. The highest BCUT2D eigenvalue weighted by Crippen LogP contribution is 2.11. The molecule has 0 aliphatic rings. The molecule has 4 heteroatoms. The van der Waals surface area contributed by atoms with Crippen molar-refractivity contribution in [2.24, 2.45) is 0 Å². The maximum atomic E-state index is 12.1. The van der Waals surface area contributed by atoms with Crippen molar-refractivity contribution in [1.29, 1.82) is 0 Å². The zero-order valence-corrected chi connectivity index (χ0v) is 11.3. The van der Waals surface area contributed by atoms with Gasteiger partial charge in [0.1, 0.15) is 6.61 Å². The van der Waals surface area contributed by atoms with Gasteiger partial charge < -0.3 is 5.11 Å². The van der Waals surface area contributed by atoms with Crippen molar-refractivity contribution < 1.29 is 14.5 Å². The van der Waals surface area contributed by atoms with Crippen LogP contribution in [0, 0.1) is 0 Å². The normalized spacial score (nSPS) is 10.3. The number of aromatic nitrogens is 1. The Bertz CT molecular complexity index is 552. The van der Waals surface area contributed by atoms with Crippen LogP contribution < -0.4 is 4.57 Å².